The maximum atomic E-state index is 14.0. The Labute approximate surface area is 112 Å². The number of carbonyl (C=O) groups is 1. The number of hydrogen-bond donors (Lipinski definition) is 1. The number of hydrogen-bond acceptors (Lipinski definition) is 3. The molecular formula is C10H17B2F2N3O2. The van der Waals surface area contributed by atoms with Crippen molar-refractivity contribution in [1.29, 1.82) is 0 Å². The molecule has 19 heavy (non-hydrogen) atoms. The number of halogens is 2. The van der Waals surface area contributed by atoms with Gasteiger partial charge in [0.15, 0.2) is 6.23 Å². The van der Waals surface area contributed by atoms with Gasteiger partial charge in [-0.3, -0.25) is 4.79 Å². The second-order valence-electron chi connectivity index (χ2n) is 4.54. The Morgan fingerprint density at radius 3 is 2.74 bits per heavy atom. The molecule has 1 fully saturated rings. The zero-order valence-electron chi connectivity index (χ0n) is 11.2. The van der Waals surface area contributed by atoms with Crippen LogP contribution in [-0.4, -0.2) is 58.1 Å². The second kappa shape index (κ2) is 6.18. The summed E-state index contributed by atoms with van der Waals surface area (Å²) >= 11 is 0. The predicted molar refractivity (Wildman–Crippen MR) is 73.8 cm³/mol. The summed E-state index contributed by atoms with van der Waals surface area (Å²) in [4.78, 5) is 14.6. The van der Waals surface area contributed by atoms with E-state index in [1.54, 1.807) is 0 Å². The minimum Gasteiger partial charge on any atom is -0.384 e. The van der Waals surface area contributed by atoms with Crippen LogP contribution in [-0.2, 0) is 9.53 Å². The second-order valence-corrected chi connectivity index (χ2v) is 4.54. The van der Waals surface area contributed by atoms with E-state index in [4.69, 9.17) is 10.5 Å². The van der Waals surface area contributed by atoms with E-state index < -0.39 is 24.1 Å². The van der Waals surface area contributed by atoms with Crippen molar-refractivity contribution in [2.75, 3.05) is 7.05 Å². The summed E-state index contributed by atoms with van der Waals surface area (Å²) in [5, 5.41) is 0. The number of nitrogens with two attached hydrogens (primary N) is 1. The third-order valence-electron chi connectivity index (χ3n) is 3.25. The molecule has 0 aromatic rings. The van der Waals surface area contributed by atoms with Crippen molar-refractivity contribution in [3.8, 4) is 0 Å². The van der Waals surface area contributed by atoms with Gasteiger partial charge in [-0.2, -0.15) is 4.99 Å². The van der Waals surface area contributed by atoms with Crippen molar-refractivity contribution in [2.24, 2.45) is 10.7 Å². The lowest BCUT2D eigenvalue weighted by Crippen LogP contribution is -2.42. The van der Waals surface area contributed by atoms with E-state index in [2.05, 4.69) is 4.99 Å². The highest BCUT2D eigenvalue weighted by Gasteiger charge is 2.56. The molecule has 1 saturated heterocycles. The van der Waals surface area contributed by atoms with E-state index in [9.17, 15) is 13.6 Å². The number of carbonyl (C=O) groups excluding carboxylic acids is 1. The first-order valence-corrected chi connectivity index (χ1v) is 6.04. The molecule has 0 aromatic heterocycles. The zero-order chi connectivity index (χ0) is 14.6. The summed E-state index contributed by atoms with van der Waals surface area (Å²) in [6.45, 7) is 0. The highest BCUT2D eigenvalue weighted by Crippen LogP contribution is 2.45. The highest BCUT2D eigenvalue weighted by atomic mass is 19.3. The predicted octanol–water partition coefficient (Wildman–Crippen LogP) is -1.22. The molecule has 1 rings (SSSR count). The van der Waals surface area contributed by atoms with Gasteiger partial charge in [0.05, 0.1) is 6.10 Å². The molecule has 0 bridgehead atoms. The van der Waals surface area contributed by atoms with Gasteiger partial charge in [-0.15, -0.1) is 0 Å². The number of aliphatic imine (C=N–C) groups is 1. The number of rotatable bonds is 5. The van der Waals surface area contributed by atoms with Crippen LogP contribution in [0.15, 0.2) is 17.3 Å². The van der Waals surface area contributed by atoms with E-state index in [1.807, 2.05) is 7.85 Å². The Morgan fingerprint density at radius 2 is 2.26 bits per heavy atom. The quantitative estimate of drug-likeness (QED) is 0.294. The van der Waals surface area contributed by atoms with Crippen LogP contribution in [0, 0.1) is 0 Å². The first-order valence-electron chi connectivity index (χ1n) is 6.04. The fourth-order valence-electron chi connectivity index (χ4n) is 2.04. The van der Waals surface area contributed by atoms with Gasteiger partial charge in [0, 0.05) is 19.1 Å². The molecule has 1 aliphatic rings. The lowest BCUT2D eigenvalue weighted by Gasteiger charge is -2.28. The van der Waals surface area contributed by atoms with Crippen molar-refractivity contribution in [1.82, 2.24) is 4.90 Å². The van der Waals surface area contributed by atoms with Gasteiger partial charge in [0.2, 0.25) is 6.41 Å². The average molecular weight is 271 g/mol. The molecule has 1 aliphatic heterocycles. The van der Waals surface area contributed by atoms with Crippen molar-refractivity contribution < 1.29 is 18.3 Å². The lowest BCUT2D eigenvalue weighted by molar-refractivity contribution is -0.128. The van der Waals surface area contributed by atoms with E-state index in [-0.39, 0.29) is 12.2 Å². The topological polar surface area (TPSA) is 67.9 Å². The van der Waals surface area contributed by atoms with Gasteiger partial charge in [0.1, 0.15) is 21.5 Å². The summed E-state index contributed by atoms with van der Waals surface area (Å²) in [6.07, 6.45) is 1.60. The molecule has 9 heteroatoms. The minimum atomic E-state index is -2.95. The van der Waals surface area contributed by atoms with Crippen molar-refractivity contribution in [3.63, 3.8) is 0 Å². The van der Waals surface area contributed by atoms with Crippen LogP contribution in [0.1, 0.15) is 0 Å². The van der Waals surface area contributed by atoms with Crippen LogP contribution in [0.25, 0.3) is 0 Å². The van der Waals surface area contributed by atoms with Crippen LogP contribution >= 0.6 is 0 Å². The third kappa shape index (κ3) is 3.34. The molecule has 5 nitrogen and oxygen atoms in total. The average Bonchev–Trinajstić information content (AvgIpc) is 2.58. The normalized spacial score (nSPS) is 30.7. The van der Waals surface area contributed by atoms with E-state index >= 15 is 0 Å². The Balaban J connectivity index is 2.80. The number of ether oxygens (including phenoxy) is 1. The monoisotopic (exact) mass is 271 g/mol. The molecule has 0 spiro atoms. The smallest absolute Gasteiger partial charge is 0.290 e. The molecule has 0 aromatic carbocycles. The van der Waals surface area contributed by atoms with Gasteiger partial charge in [-0.05, 0) is 6.08 Å². The Morgan fingerprint density at radius 1 is 1.63 bits per heavy atom. The summed E-state index contributed by atoms with van der Waals surface area (Å²) in [7, 11) is 4.76. The maximum Gasteiger partial charge on any atom is 0.290 e. The number of nitrogens with zero attached hydrogens (tertiary/aromatic N) is 2. The van der Waals surface area contributed by atoms with Crippen LogP contribution in [0.5, 0.6) is 0 Å². The van der Waals surface area contributed by atoms with Gasteiger partial charge < -0.3 is 15.4 Å². The number of amidine groups is 1. The summed E-state index contributed by atoms with van der Waals surface area (Å²) in [6, 6.07) is 0. The van der Waals surface area contributed by atoms with Crippen LogP contribution < -0.4 is 5.73 Å². The Kier molecular flexibility index (Phi) is 5.11. The molecule has 2 unspecified atom stereocenters. The first-order chi connectivity index (χ1) is 8.84. The molecule has 1 heterocycles. The highest BCUT2D eigenvalue weighted by molar-refractivity contribution is 6.15. The standard InChI is InChI=1S/C10H17B2F2N3O2/c1-17(3-2-7(15)16-5-18)9-10(13,14)8(12)6(4-11)19-9/h2-3,5-6,8-9H,4,11-12H2,1H3,(H2,15,16,18)/b3-2-/t6?,8-,9?/m1/s1. The fraction of sp³-hybridized carbons (Fsp3) is 0.600. The Bertz CT molecular complexity index is 393. The zero-order valence-corrected chi connectivity index (χ0v) is 11.2. The third-order valence-corrected chi connectivity index (χ3v) is 3.25. The summed E-state index contributed by atoms with van der Waals surface area (Å²) in [5.41, 5.74) is 5.36. The van der Waals surface area contributed by atoms with E-state index in [0.29, 0.717) is 6.32 Å². The molecule has 0 aliphatic carbocycles. The minimum absolute atomic E-state index is 0.0525. The Hall–Kier alpha value is -1.37. The molecule has 2 N–H and O–H groups in total. The number of alkyl halides is 2. The molecule has 1 amide bonds. The largest absolute Gasteiger partial charge is 0.384 e. The van der Waals surface area contributed by atoms with E-state index in [0.717, 1.165) is 0 Å². The first kappa shape index (κ1) is 15.7. The van der Waals surface area contributed by atoms with Crippen LogP contribution in [0.2, 0.25) is 12.1 Å². The van der Waals surface area contributed by atoms with Gasteiger partial charge in [-0.1, -0.05) is 6.32 Å². The lowest BCUT2D eigenvalue weighted by atomic mass is 9.75. The van der Waals surface area contributed by atoms with Gasteiger partial charge in [0.25, 0.3) is 5.92 Å². The van der Waals surface area contributed by atoms with Crippen molar-refractivity contribution in [2.45, 2.75) is 30.4 Å². The van der Waals surface area contributed by atoms with Crippen molar-refractivity contribution in [3.05, 3.63) is 12.3 Å². The van der Waals surface area contributed by atoms with E-state index in [1.165, 1.54) is 32.1 Å². The molecule has 104 valence electrons. The van der Waals surface area contributed by atoms with Crippen molar-refractivity contribution >= 4 is 27.9 Å². The maximum absolute atomic E-state index is 14.0. The molecule has 3 atom stereocenters. The SMILES string of the molecule is BCC1OC(N(C)/C=C\C(N)=N/C=O)C(F)(F)[C@@H]1B. The summed E-state index contributed by atoms with van der Waals surface area (Å²) < 4.78 is 33.5. The van der Waals surface area contributed by atoms with Gasteiger partial charge in [-0.25, -0.2) is 8.78 Å². The van der Waals surface area contributed by atoms with Crippen LogP contribution in [0.4, 0.5) is 8.78 Å². The fourth-order valence-corrected chi connectivity index (χ4v) is 2.04. The van der Waals surface area contributed by atoms with Gasteiger partial charge >= 0.3 is 0 Å². The molecule has 0 saturated carbocycles. The summed E-state index contributed by atoms with van der Waals surface area (Å²) in [5.74, 6) is -3.85. The number of amides is 1. The molecular weight excluding hydrogens is 254 g/mol. The molecule has 0 radical (unpaired) electrons. The van der Waals surface area contributed by atoms with Crippen LogP contribution in [0.3, 0.4) is 0 Å².